The largest absolute Gasteiger partial charge is 1.00 e. The molecule has 1 fully saturated rings. The van der Waals surface area contributed by atoms with Gasteiger partial charge in [0.1, 0.15) is 0 Å². The summed E-state index contributed by atoms with van der Waals surface area (Å²) in [5.41, 5.74) is 1.83. The van der Waals surface area contributed by atoms with Crippen molar-refractivity contribution in [1.29, 1.82) is 0 Å². The van der Waals surface area contributed by atoms with Gasteiger partial charge < -0.3 is 24.8 Å². The number of halogens is 2. The minimum atomic E-state index is -0.318. The monoisotopic (exact) mass is 358 g/mol. The Bertz CT molecular complexity index is 393. The zero-order valence-corrected chi connectivity index (χ0v) is 14.4. The van der Waals surface area contributed by atoms with Crippen molar-refractivity contribution in [2.75, 3.05) is 0 Å². The molecule has 0 bridgehead atoms. The number of hydrogen-bond donors (Lipinski definition) is 0. The smallest absolute Gasteiger partial charge is 1.00 e. The predicted octanol–water partition coefficient (Wildman–Crippen LogP) is -1.60. The van der Waals surface area contributed by atoms with Gasteiger partial charge in [0.2, 0.25) is 0 Å². The third kappa shape index (κ3) is 3.72. The van der Waals surface area contributed by atoms with E-state index < -0.39 is 0 Å². The van der Waals surface area contributed by atoms with Gasteiger partial charge in [-0.2, -0.15) is 0 Å². The summed E-state index contributed by atoms with van der Waals surface area (Å²) in [7, 11) is 0. The molecule has 2 atom stereocenters. The Morgan fingerprint density at radius 2 is 1.78 bits per heavy atom. The summed E-state index contributed by atoms with van der Waals surface area (Å²) in [5, 5.41) is 0. The van der Waals surface area contributed by atoms with Crippen LogP contribution in [0.25, 0.3) is 0 Å². The van der Waals surface area contributed by atoms with Crippen molar-refractivity contribution in [3.63, 3.8) is 0 Å². The Labute approximate surface area is 134 Å². The Morgan fingerprint density at radius 3 is 2.56 bits per heavy atom. The molecule has 0 aromatic carbocycles. The van der Waals surface area contributed by atoms with Gasteiger partial charge in [-0.25, -0.2) is 0 Å². The molecule has 0 amide bonds. The van der Waals surface area contributed by atoms with Crippen molar-refractivity contribution in [3.05, 3.63) is 45.3 Å². The van der Waals surface area contributed by atoms with Crippen LogP contribution in [0, 0.1) is 5.92 Å². The van der Waals surface area contributed by atoms with Crippen molar-refractivity contribution >= 4 is 0 Å². The van der Waals surface area contributed by atoms with E-state index in [9.17, 15) is 0 Å². The SMILES string of the molecule is C1=CCCC2CC[CH]([Zr+2][C]3=CC=CC3)C2=C1.[Cl-].[Cl-]. The summed E-state index contributed by atoms with van der Waals surface area (Å²) in [4.78, 5) is 0. The normalized spacial score (nSPS) is 28.2. The number of rotatable bonds is 2. The van der Waals surface area contributed by atoms with Crippen LogP contribution >= 0.6 is 0 Å². The molecule has 3 aliphatic carbocycles. The van der Waals surface area contributed by atoms with E-state index in [-0.39, 0.29) is 48.0 Å². The molecule has 2 unspecified atom stereocenters. The summed E-state index contributed by atoms with van der Waals surface area (Å²) < 4.78 is 2.82. The first kappa shape index (κ1) is 16.5. The molecule has 18 heavy (non-hydrogen) atoms. The van der Waals surface area contributed by atoms with Crippen LogP contribution in [0.1, 0.15) is 32.1 Å². The molecule has 0 N–H and O–H groups in total. The van der Waals surface area contributed by atoms with Crippen LogP contribution in [0.4, 0.5) is 0 Å². The molecule has 3 rings (SSSR count). The molecule has 0 nitrogen and oxygen atoms in total. The Balaban J connectivity index is 0.000000810. The standard InChI is InChI=1S/C10H13.C5H5.2ClH.Zr/c1-2-5-9-7-4-8-10(9)6-3-1;1-2-4-5-3-1;;;/h1-2,5,7,10H,3-4,6,8H2;1-3H,4H2;2*1H;/q;;;;+2/p-2. The van der Waals surface area contributed by atoms with Crippen molar-refractivity contribution in [2.45, 2.75) is 35.7 Å². The molecule has 0 saturated heterocycles. The number of allylic oxidation sites excluding steroid dienone is 8. The molecular weight excluding hydrogens is 342 g/mol. The second-order valence-electron chi connectivity index (χ2n) is 4.97. The fraction of sp³-hybridized carbons (Fsp3) is 0.467. The maximum absolute atomic E-state index is 2.46. The molecule has 0 heterocycles. The molecule has 0 aliphatic heterocycles. The van der Waals surface area contributed by atoms with Gasteiger partial charge in [-0.05, 0) is 0 Å². The summed E-state index contributed by atoms with van der Waals surface area (Å²) in [6.07, 6.45) is 21.0. The van der Waals surface area contributed by atoms with E-state index in [0.717, 1.165) is 9.54 Å². The molecular formula is C15H18Cl2Zr. The quantitative estimate of drug-likeness (QED) is 0.556. The maximum Gasteiger partial charge on any atom is -1.00 e. The van der Waals surface area contributed by atoms with E-state index in [0.29, 0.717) is 0 Å². The zero-order chi connectivity index (χ0) is 10.8. The van der Waals surface area contributed by atoms with Crippen molar-refractivity contribution in [2.24, 2.45) is 5.92 Å². The van der Waals surface area contributed by atoms with Crippen LogP contribution in [0.5, 0.6) is 0 Å². The fourth-order valence-electron chi connectivity index (χ4n) is 3.06. The van der Waals surface area contributed by atoms with Crippen molar-refractivity contribution in [3.8, 4) is 0 Å². The maximum atomic E-state index is 2.46. The second kappa shape index (κ2) is 7.88. The Hall–Kier alpha value is 0.423. The van der Waals surface area contributed by atoms with Crippen LogP contribution in [-0.2, 0) is 23.2 Å². The number of fused-ring (bicyclic) bond motifs is 1. The fourth-order valence-corrected chi connectivity index (χ4v) is 7.20. The third-order valence-corrected chi connectivity index (χ3v) is 8.12. The molecule has 0 aromatic rings. The summed E-state index contributed by atoms with van der Waals surface area (Å²) in [6.45, 7) is 0. The van der Waals surface area contributed by atoms with E-state index in [1.807, 2.05) is 8.85 Å². The van der Waals surface area contributed by atoms with E-state index in [1.165, 1.54) is 32.1 Å². The van der Waals surface area contributed by atoms with Gasteiger partial charge in [-0.3, -0.25) is 0 Å². The molecule has 0 spiro atoms. The van der Waals surface area contributed by atoms with Crippen LogP contribution < -0.4 is 24.8 Å². The Morgan fingerprint density at radius 1 is 0.944 bits per heavy atom. The van der Waals surface area contributed by atoms with Crippen molar-refractivity contribution < 1.29 is 48.0 Å². The predicted molar refractivity (Wildman–Crippen MR) is 64.8 cm³/mol. The van der Waals surface area contributed by atoms with Gasteiger partial charge in [0, 0.05) is 0 Å². The second-order valence-corrected chi connectivity index (χ2v) is 8.97. The Kier molecular flexibility index (Phi) is 7.21. The average molecular weight is 360 g/mol. The van der Waals surface area contributed by atoms with E-state index >= 15 is 0 Å². The van der Waals surface area contributed by atoms with Crippen molar-refractivity contribution in [1.82, 2.24) is 0 Å². The summed E-state index contributed by atoms with van der Waals surface area (Å²) in [6, 6.07) is 0. The van der Waals surface area contributed by atoms with Gasteiger partial charge in [0.05, 0.1) is 0 Å². The van der Waals surface area contributed by atoms with Gasteiger partial charge in [0.25, 0.3) is 0 Å². The molecule has 96 valence electrons. The first-order valence-electron chi connectivity index (χ1n) is 6.42. The van der Waals surface area contributed by atoms with Gasteiger partial charge in [-0.1, -0.05) is 0 Å². The molecule has 0 radical (unpaired) electrons. The van der Waals surface area contributed by atoms with Gasteiger partial charge in [-0.15, -0.1) is 0 Å². The topological polar surface area (TPSA) is 0 Å². The minimum Gasteiger partial charge on any atom is -1.00 e. The molecule has 3 heteroatoms. The van der Waals surface area contributed by atoms with Crippen LogP contribution in [0.15, 0.2) is 45.3 Å². The minimum absolute atomic E-state index is 0. The van der Waals surface area contributed by atoms with Crippen LogP contribution in [0.2, 0.25) is 3.63 Å². The van der Waals surface area contributed by atoms with Gasteiger partial charge in [0.15, 0.2) is 0 Å². The molecule has 0 aromatic heterocycles. The van der Waals surface area contributed by atoms with E-state index in [1.54, 1.807) is 0 Å². The first-order valence-corrected chi connectivity index (χ1v) is 9.07. The zero-order valence-electron chi connectivity index (χ0n) is 10.4. The van der Waals surface area contributed by atoms with Gasteiger partial charge >= 0.3 is 110 Å². The molecule has 1 saturated carbocycles. The van der Waals surface area contributed by atoms with E-state index in [4.69, 9.17) is 0 Å². The molecule has 3 aliphatic rings. The summed E-state index contributed by atoms with van der Waals surface area (Å²) >= 11 is -0.318. The van der Waals surface area contributed by atoms with Crippen LogP contribution in [-0.4, -0.2) is 0 Å². The summed E-state index contributed by atoms with van der Waals surface area (Å²) in [5.74, 6) is 0.941. The average Bonchev–Trinajstić information content (AvgIpc) is 2.86. The van der Waals surface area contributed by atoms with Crippen LogP contribution in [0.3, 0.4) is 0 Å². The van der Waals surface area contributed by atoms with E-state index in [2.05, 4.69) is 36.5 Å². The number of hydrogen-bond acceptors (Lipinski definition) is 0. The third-order valence-electron chi connectivity index (χ3n) is 3.92. The first-order chi connectivity index (χ1) is 7.93.